The van der Waals surface area contributed by atoms with Gasteiger partial charge in [-0.05, 0) is 19.1 Å². The summed E-state index contributed by atoms with van der Waals surface area (Å²) in [5.74, 6) is -1.11. The lowest BCUT2D eigenvalue weighted by molar-refractivity contribution is -0.138. The Balaban J connectivity index is 2.83. The summed E-state index contributed by atoms with van der Waals surface area (Å²) in [5, 5.41) is 19.8. The third-order valence-electron chi connectivity index (χ3n) is 2.47. The zero-order chi connectivity index (χ0) is 14.3. The van der Waals surface area contributed by atoms with Gasteiger partial charge in [-0.25, -0.2) is 4.79 Å². The Labute approximate surface area is 111 Å². The third-order valence-corrected chi connectivity index (χ3v) is 2.47. The number of nitrogens with one attached hydrogen (secondary N) is 1. The highest BCUT2D eigenvalue weighted by atomic mass is 16.4. The second-order valence-electron chi connectivity index (χ2n) is 3.90. The number of hydrogen-bond donors (Lipinski definition) is 2. The van der Waals surface area contributed by atoms with E-state index in [1.165, 1.54) is 11.8 Å². The third kappa shape index (κ3) is 4.32. The van der Waals surface area contributed by atoms with Crippen molar-refractivity contribution in [1.82, 2.24) is 5.32 Å². The number of urea groups is 1. The lowest BCUT2D eigenvalue weighted by atomic mass is 10.2. The normalized spacial score (nSPS) is 11.2. The van der Waals surface area contributed by atoms with Gasteiger partial charge in [0.05, 0.1) is 12.5 Å². The number of carboxylic acids is 1. The predicted octanol–water partition coefficient (Wildman–Crippen LogP) is 1.59. The minimum absolute atomic E-state index is 0.170. The van der Waals surface area contributed by atoms with E-state index in [1.807, 2.05) is 12.1 Å². The molecule has 2 amide bonds. The van der Waals surface area contributed by atoms with Crippen LogP contribution in [0.3, 0.4) is 0 Å². The highest BCUT2D eigenvalue weighted by molar-refractivity contribution is 5.94. The van der Waals surface area contributed by atoms with E-state index in [4.69, 9.17) is 10.4 Å². The second kappa shape index (κ2) is 7.01. The quantitative estimate of drug-likeness (QED) is 0.841. The van der Waals surface area contributed by atoms with Crippen LogP contribution in [0.25, 0.3) is 0 Å². The van der Waals surface area contributed by atoms with Gasteiger partial charge >= 0.3 is 12.0 Å². The van der Waals surface area contributed by atoms with E-state index in [9.17, 15) is 9.59 Å². The summed E-state index contributed by atoms with van der Waals surface area (Å²) in [6.07, 6.45) is 0.170. The molecule has 0 aromatic heterocycles. The van der Waals surface area contributed by atoms with Crippen molar-refractivity contribution in [1.29, 1.82) is 5.26 Å². The number of aliphatic carboxylic acids is 1. The SMILES string of the molecule is C[C@@H](NC(=O)N(CCC#N)c1ccccc1)C(=O)O. The summed E-state index contributed by atoms with van der Waals surface area (Å²) in [6, 6.07) is 9.24. The number of carboxylic acid groups (broad SMARTS) is 1. The molecule has 0 unspecified atom stereocenters. The minimum Gasteiger partial charge on any atom is -0.480 e. The minimum atomic E-state index is -1.11. The molecule has 6 nitrogen and oxygen atoms in total. The first-order valence-corrected chi connectivity index (χ1v) is 5.79. The van der Waals surface area contributed by atoms with Crippen LogP contribution in [-0.4, -0.2) is 29.7 Å². The molecular formula is C13H15N3O3. The highest BCUT2D eigenvalue weighted by Gasteiger charge is 2.20. The van der Waals surface area contributed by atoms with Crippen LogP contribution in [-0.2, 0) is 4.79 Å². The molecule has 0 saturated heterocycles. The van der Waals surface area contributed by atoms with Crippen molar-refractivity contribution in [3.63, 3.8) is 0 Å². The van der Waals surface area contributed by atoms with E-state index in [1.54, 1.807) is 24.3 Å². The van der Waals surface area contributed by atoms with Crippen LogP contribution in [0.15, 0.2) is 30.3 Å². The number of hydrogen-bond acceptors (Lipinski definition) is 3. The first-order valence-electron chi connectivity index (χ1n) is 5.79. The van der Waals surface area contributed by atoms with Crippen molar-refractivity contribution in [2.45, 2.75) is 19.4 Å². The van der Waals surface area contributed by atoms with Gasteiger partial charge in [0.25, 0.3) is 0 Å². The molecule has 100 valence electrons. The summed E-state index contributed by atoms with van der Waals surface area (Å²) in [4.78, 5) is 24.1. The van der Waals surface area contributed by atoms with Crippen LogP contribution >= 0.6 is 0 Å². The smallest absolute Gasteiger partial charge is 0.325 e. The predicted molar refractivity (Wildman–Crippen MR) is 69.6 cm³/mol. The van der Waals surface area contributed by atoms with Crippen LogP contribution < -0.4 is 10.2 Å². The molecule has 0 aliphatic carbocycles. The number of rotatable bonds is 5. The molecule has 19 heavy (non-hydrogen) atoms. The number of carbonyl (C=O) groups excluding carboxylic acids is 1. The van der Waals surface area contributed by atoms with E-state index in [0.29, 0.717) is 5.69 Å². The first kappa shape index (κ1) is 14.5. The van der Waals surface area contributed by atoms with Crippen molar-refractivity contribution >= 4 is 17.7 Å². The average molecular weight is 261 g/mol. The Morgan fingerprint density at radius 3 is 2.58 bits per heavy atom. The largest absolute Gasteiger partial charge is 0.480 e. The monoisotopic (exact) mass is 261 g/mol. The summed E-state index contributed by atoms with van der Waals surface area (Å²) >= 11 is 0. The summed E-state index contributed by atoms with van der Waals surface area (Å²) in [5.41, 5.74) is 0.618. The van der Waals surface area contributed by atoms with Gasteiger partial charge in [0.15, 0.2) is 0 Å². The van der Waals surface area contributed by atoms with Crippen LogP contribution in [0.4, 0.5) is 10.5 Å². The molecule has 0 bridgehead atoms. The van der Waals surface area contributed by atoms with E-state index in [0.717, 1.165) is 0 Å². The maximum Gasteiger partial charge on any atom is 0.325 e. The summed E-state index contributed by atoms with van der Waals surface area (Å²) in [6.45, 7) is 1.59. The standard InChI is InChI=1S/C13H15N3O3/c1-10(12(17)18)15-13(19)16(9-5-8-14)11-6-3-2-4-7-11/h2-4,6-7,10H,5,9H2,1H3,(H,15,19)(H,17,18)/t10-/m1/s1. The van der Waals surface area contributed by atoms with Crippen molar-refractivity contribution in [3.8, 4) is 6.07 Å². The molecular weight excluding hydrogens is 246 g/mol. The fourth-order valence-electron chi connectivity index (χ4n) is 1.44. The average Bonchev–Trinajstić information content (AvgIpc) is 2.40. The van der Waals surface area contributed by atoms with Crippen LogP contribution in [0.1, 0.15) is 13.3 Å². The number of benzene rings is 1. The van der Waals surface area contributed by atoms with Gasteiger partial charge in [-0.15, -0.1) is 0 Å². The van der Waals surface area contributed by atoms with Crippen LogP contribution in [0.2, 0.25) is 0 Å². The molecule has 1 aromatic rings. The Morgan fingerprint density at radius 1 is 1.42 bits per heavy atom. The van der Waals surface area contributed by atoms with Crippen molar-refractivity contribution in [2.24, 2.45) is 0 Å². The van der Waals surface area contributed by atoms with E-state index in [2.05, 4.69) is 5.32 Å². The first-order chi connectivity index (χ1) is 9.06. The number of para-hydroxylation sites is 1. The molecule has 0 radical (unpaired) electrons. The molecule has 0 aliphatic rings. The van der Waals surface area contributed by atoms with Crippen molar-refractivity contribution in [2.75, 3.05) is 11.4 Å². The molecule has 1 atom stereocenters. The van der Waals surface area contributed by atoms with Crippen LogP contribution in [0, 0.1) is 11.3 Å². The maximum absolute atomic E-state index is 12.0. The molecule has 0 aliphatic heterocycles. The fourth-order valence-corrected chi connectivity index (χ4v) is 1.44. The highest BCUT2D eigenvalue weighted by Crippen LogP contribution is 2.13. The van der Waals surface area contributed by atoms with Gasteiger partial charge in [-0.2, -0.15) is 5.26 Å². The topological polar surface area (TPSA) is 93.4 Å². The van der Waals surface area contributed by atoms with Gasteiger partial charge in [0, 0.05) is 12.2 Å². The zero-order valence-electron chi connectivity index (χ0n) is 10.5. The Hall–Kier alpha value is -2.55. The van der Waals surface area contributed by atoms with E-state index in [-0.39, 0.29) is 13.0 Å². The van der Waals surface area contributed by atoms with Crippen molar-refractivity contribution in [3.05, 3.63) is 30.3 Å². The van der Waals surface area contributed by atoms with Gasteiger partial charge in [-0.1, -0.05) is 18.2 Å². The number of carbonyl (C=O) groups is 2. The number of nitriles is 1. The van der Waals surface area contributed by atoms with E-state index >= 15 is 0 Å². The second-order valence-corrected chi connectivity index (χ2v) is 3.90. The zero-order valence-corrected chi connectivity index (χ0v) is 10.5. The number of amides is 2. The van der Waals surface area contributed by atoms with Gasteiger partial charge in [-0.3, -0.25) is 9.69 Å². The lowest BCUT2D eigenvalue weighted by Gasteiger charge is -2.23. The summed E-state index contributed by atoms with van der Waals surface area (Å²) in [7, 11) is 0. The van der Waals surface area contributed by atoms with Crippen molar-refractivity contribution < 1.29 is 14.7 Å². The summed E-state index contributed by atoms with van der Waals surface area (Å²) < 4.78 is 0. The Kier molecular flexibility index (Phi) is 5.35. The Bertz CT molecular complexity index is 482. The Morgan fingerprint density at radius 2 is 2.05 bits per heavy atom. The molecule has 0 heterocycles. The molecule has 1 rings (SSSR count). The molecule has 2 N–H and O–H groups in total. The number of anilines is 1. The molecule has 0 spiro atoms. The fraction of sp³-hybridized carbons (Fsp3) is 0.308. The molecule has 6 heteroatoms. The van der Waals surface area contributed by atoms with Gasteiger partial charge < -0.3 is 10.4 Å². The van der Waals surface area contributed by atoms with E-state index < -0.39 is 18.0 Å². The van der Waals surface area contributed by atoms with Crippen LogP contribution in [0.5, 0.6) is 0 Å². The molecule has 0 fully saturated rings. The van der Waals surface area contributed by atoms with Gasteiger partial charge in [0.1, 0.15) is 6.04 Å². The molecule has 0 saturated carbocycles. The molecule has 1 aromatic carbocycles. The number of nitrogens with zero attached hydrogens (tertiary/aromatic N) is 2. The lowest BCUT2D eigenvalue weighted by Crippen LogP contribution is -2.47. The maximum atomic E-state index is 12.0. The van der Waals surface area contributed by atoms with Gasteiger partial charge in [0.2, 0.25) is 0 Å².